The maximum Gasteiger partial charge on any atom is 0.312 e. The van der Waals surface area contributed by atoms with E-state index in [0.29, 0.717) is 13.2 Å². The summed E-state index contributed by atoms with van der Waals surface area (Å²) in [6, 6.07) is -1.34. The number of carboxylic acids is 1. The second-order valence-corrected chi connectivity index (χ2v) is 5.46. The van der Waals surface area contributed by atoms with Crippen LogP contribution in [0.5, 0.6) is 0 Å². The van der Waals surface area contributed by atoms with Crippen molar-refractivity contribution in [2.45, 2.75) is 26.3 Å². The fraction of sp³-hybridized carbons (Fsp3) is 0.846. The van der Waals surface area contributed by atoms with Crippen LogP contribution in [0.3, 0.4) is 0 Å². The molecule has 0 saturated carbocycles. The summed E-state index contributed by atoms with van der Waals surface area (Å²) in [5.41, 5.74) is 15.3. The molecule has 0 heterocycles. The highest BCUT2D eigenvalue weighted by Crippen LogP contribution is 2.25. The number of azide groups is 2. The molecule has 12 heteroatoms. The summed E-state index contributed by atoms with van der Waals surface area (Å²) in [6.07, 6.45) is -0.175. The number of esters is 1. The van der Waals surface area contributed by atoms with Crippen LogP contribution < -0.4 is 0 Å². The van der Waals surface area contributed by atoms with Gasteiger partial charge < -0.3 is 19.3 Å². The standard InChI is InChI=1S/C13H22N6O6/c1-13(2,9-10(11(20)21)17-19-15)12(22)25-8-7-24-6-5-23-4-3-16-18-14/h10H,3-9H2,1-2H3,(H,20,21). The number of rotatable bonds is 14. The van der Waals surface area contributed by atoms with Crippen molar-refractivity contribution >= 4 is 11.9 Å². The Morgan fingerprint density at radius 2 is 1.68 bits per heavy atom. The van der Waals surface area contributed by atoms with Crippen LogP contribution in [-0.4, -0.2) is 62.7 Å². The lowest BCUT2D eigenvalue weighted by Gasteiger charge is -2.24. The molecule has 140 valence electrons. The van der Waals surface area contributed by atoms with E-state index in [0.717, 1.165) is 0 Å². The maximum absolute atomic E-state index is 12.0. The largest absolute Gasteiger partial charge is 0.481 e. The first kappa shape index (κ1) is 22.5. The molecule has 1 atom stereocenters. The number of carboxylic acid groups (broad SMARTS) is 1. The van der Waals surface area contributed by atoms with Gasteiger partial charge in [0.05, 0.1) is 31.8 Å². The molecular formula is C13H22N6O6. The van der Waals surface area contributed by atoms with Crippen molar-refractivity contribution in [3.63, 3.8) is 0 Å². The third-order valence-corrected chi connectivity index (χ3v) is 2.96. The van der Waals surface area contributed by atoms with E-state index in [-0.39, 0.29) is 32.8 Å². The van der Waals surface area contributed by atoms with Gasteiger partial charge in [-0.1, -0.05) is 10.2 Å². The zero-order valence-electron chi connectivity index (χ0n) is 14.2. The lowest BCUT2D eigenvalue weighted by atomic mass is 9.86. The smallest absolute Gasteiger partial charge is 0.312 e. The normalized spacial score (nSPS) is 11.8. The molecule has 0 amide bonds. The summed E-state index contributed by atoms with van der Waals surface area (Å²) >= 11 is 0. The molecule has 25 heavy (non-hydrogen) atoms. The molecule has 1 unspecified atom stereocenters. The van der Waals surface area contributed by atoms with Gasteiger partial charge in [-0.3, -0.25) is 9.59 Å². The Kier molecular flexibility index (Phi) is 11.6. The average molecular weight is 358 g/mol. The summed E-state index contributed by atoms with van der Waals surface area (Å²) in [4.78, 5) is 28.0. The van der Waals surface area contributed by atoms with Crippen molar-refractivity contribution < 1.29 is 28.9 Å². The van der Waals surface area contributed by atoms with E-state index in [1.165, 1.54) is 13.8 Å². The van der Waals surface area contributed by atoms with E-state index in [2.05, 4.69) is 20.1 Å². The Bertz CT molecular complexity index is 525. The molecule has 0 aliphatic rings. The van der Waals surface area contributed by atoms with Crippen LogP contribution in [0.2, 0.25) is 0 Å². The predicted molar refractivity (Wildman–Crippen MR) is 85.6 cm³/mol. The van der Waals surface area contributed by atoms with Crippen molar-refractivity contribution in [1.82, 2.24) is 0 Å². The quantitative estimate of drug-likeness (QED) is 0.163. The minimum Gasteiger partial charge on any atom is -0.481 e. The van der Waals surface area contributed by atoms with E-state index in [4.69, 9.17) is 30.4 Å². The fourth-order valence-corrected chi connectivity index (χ4v) is 1.67. The maximum atomic E-state index is 12.0. The van der Waals surface area contributed by atoms with Crippen molar-refractivity contribution in [3.05, 3.63) is 20.9 Å². The molecule has 0 fully saturated rings. The highest BCUT2D eigenvalue weighted by Gasteiger charge is 2.34. The van der Waals surface area contributed by atoms with E-state index < -0.39 is 23.4 Å². The molecule has 0 aromatic rings. The third kappa shape index (κ3) is 10.8. The second kappa shape index (κ2) is 12.8. The lowest BCUT2D eigenvalue weighted by Crippen LogP contribution is -2.34. The fourth-order valence-electron chi connectivity index (χ4n) is 1.67. The van der Waals surface area contributed by atoms with Crippen molar-refractivity contribution in [2.24, 2.45) is 15.6 Å². The molecule has 0 saturated heterocycles. The third-order valence-electron chi connectivity index (χ3n) is 2.96. The number of carbonyl (C=O) groups is 2. The van der Waals surface area contributed by atoms with Crippen LogP contribution in [0.25, 0.3) is 20.9 Å². The minimum atomic E-state index is -1.34. The van der Waals surface area contributed by atoms with E-state index in [1.54, 1.807) is 0 Å². The molecule has 0 aliphatic carbocycles. The zero-order valence-corrected chi connectivity index (χ0v) is 14.2. The molecule has 0 bridgehead atoms. The van der Waals surface area contributed by atoms with Gasteiger partial charge in [0.25, 0.3) is 0 Å². The SMILES string of the molecule is CC(C)(CC(N=[N+]=[N-])C(=O)O)C(=O)OCCOCCOCCN=[N+]=[N-]. The monoisotopic (exact) mass is 358 g/mol. The number of nitrogens with zero attached hydrogens (tertiary/aromatic N) is 6. The first-order valence-electron chi connectivity index (χ1n) is 7.45. The van der Waals surface area contributed by atoms with Gasteiger partial charge in [-0.15, -0.1) is 0 Å². The second-order valence-electron chi connectivity index (χ2n) is 5.46. The Hall–Kier alpha value is -2.52. The van der Waals surface area contributed by atoms with Crippen LogP contribution in [-0.2, 0) is 23.8 Å². The first-order valence-corrected chi connectivity index (χ1v) is 7.45. The van der Waals surface area contributed by atoms with Gasteiger partial charge in [0.1, 0.15) is 12.6 Å². The van der Waals surface area contributed by atoms with Gasteiger partial charge in [-0.2, -0.15) is 0 Å². The van der Waals surface area contributed by atoms with Gasteiger partial charge in [0, 0.05) is 16.4 Å². The van der Waals surface area contributed by atoms with Gasteiger partial charge in [0.15, 0.2) is 0 Å². The van der Waals surface area contributed by atoms with Crippen LogP contribution in [0, 0.1) is 5.41 Å². The first-order chi connectivity index (χ1) is 11.8. The van der Waals surface area contributed by atoms with Gasteiger partial charge >= 0.3 is 11.9 Å². The number of aliphatic carboxylic acids is 1. The zero-order chi connectivity index (χ0) is 19.1. The number of hydrogen-bond donors (Lipinski definition) is 1. The predicted octanol–water partition coefficient (Wildman–Crippen LogP) is 2.05. The highest BCUT2D eigenvalue weighted by molar-refractivity contribution is 5.79. The average Bonchev–Trinajstić information content (AvgIpc) is 2.55. The summed E-state index contributed by atoms with van der Waals surface area (Å²) in [6.45, 7) is 4.32. The molecular weight excluding hydrogens is 336 g/mol. The van der Waals surface area contributed by atoms with Gasteiger partial charge in [-0.25, -0.2) is 0 Å². The minimum absolute atomic E-state index is 0.000243. The van der Waals surface area contributed by atoms with E-state index in [9.17, 15) is 9.59 Å². The molecule has 0 rings (SSSR count). The van der Waals surface area contributed by atoms with Crippen molar-refractivity contribution in [3.8, 4) is 0 Å². The number of hydrogen-bond acceptors (Lipinski definition) is 7. The van der Waals surface area contributed by atoms with E-state index in [1.807, 2.05) is 0 Å². The molecule has 0 aliphatic heterocycles. The molecule has 0 aromatic heterocycles. The highest BCUT2D eigenvalue weighted by atomic mass is 16.6. The van der Waals surface area contributed by atoms with Gasteiger partial charge in [0.2, 0.25) is 0 Å². The summed E-state index contributed by atoms with van der Waals surface area (Å²) in [5, 5.41) is 15.4. The van der Waals surface area contributed by atoms with Crippen molar-refractivity contribution in [2.75, 3.05) is 39.6 Å². The molecule has 12 nitrogen and oxygen atoms in total. The number of carbonyl (C=O) groups excluding carboxylic acids is 1. The summed E-state index contributed by atoms with van der Waals surface area (Å²) in [7, 11) is 0. The van der Waals surface area contributed by atoms with E-state index >= 15 is 0 Å². The van der Waals surface area contributed by atoms with Crippen molar-refractivity contribution in [1.29, 1.82) is 0 Å². The molecule has 0 aromatic carbocycles. The number of ether oxygens (including phenoxy) is 3. The molecule has 0 spiro atoms. The topological polar surface area (TPSA) is 180 Å². The Labute approximate surface area is 144 Å². The van der Waals surface area contributed by atoms with Crippen LogP contribution in [0.4, 0.5) is 0 Å². The molecule has 1 N–H and O–H groups in total. The Morgan fingerprint density at radius 3 is 2.24 bits per heavy atom. The van der Waals surface area contributed by atoms with Crippen LogP contribution in [0.1, 0.15) is 20.3 Å². The Balaban J connectivity index is 3.98. The van der Waals surface area contributed by atoms with Gasteiger partial charge in [-0.05, 0) is 31.3 Å². The summed E-state index contributed by atoms with van der Waals surface area (Å²) < 4.78 is 15.3. The molecule has 0 radical (unpaired) electrons. The summed E-state index contributed by atoms with van der Waals surface area (Å²) in [5.74, 6) is -1.91. The van der Waals surface area contributed by atoms with Crippen LogP contribution >= 0.6 is 0 Å². The Morgan fingerprint density at radius 1 is 1.08 bits per heavy atom. The lowest BCUT2D eigenvalue weighted by molar-refractivity contribution is -0.156. The van der Waals surface area contributed by atoms with Crippen LogP contribution in [0.15, 0.2) is 10.2 Å².